The highest BCUT2D eigenvalue weighted by Crippen LogP contribution is 2.49. The summed E-state index contributed by atoms with van der Waals surface area (Å²) in [5.74, 6) is -0.0960. The van der Waals surface area contributed by atoms with Crippen LogP contribution in [0.3, 0.4) is 0 Å². The molecule has 0 N–H and O–H groups in total. The van der Waals surface area contributed by atoms with Crippen LogP contribution in [0.4, 0.5) is 24.5 Å². The summed E-state index contributed by atoms with van der Waals surface area (Å²) >= 11 is 1.52. The number of anilines is 2. The number of benzene rings is 4. The van der Waals surface area contributed by atoms with Gasteiger partial charge in [-0.15, -0.1) is 0 Å². The van der Waals surface area contributed by atoms with Gasteiger partial charge in [-0.25, -0.2) is 0 Å². The molecule has 59 heavy (non-hydrogen) atoms. The monoisotopic (exact) mass is 830 g/mol. The fourth-order valence-corrected chi connectivity index (χ4v) is 8.80. The third kappa shape index (κ3) is 15.9. The highest BCUT2D eigenvalue weighted by molar-refractivity contribution is 7.99. The Morgan fingerprint density at radius 2 is 1.25 bits per heavy atom. The molecule has 4 aromatic carbocycles. The summed E-state index contributed by atoms with van der Waals surface area (Å²) in [6.07, 6.45) is 6.19. The molecule has 0 saturated carbocycles. The Labute approximate surface area is 356 Å². The number of nitrogens with zero attached hydrogens (tertiary/aromatic N) is 4. The molecule has 0 aromatic heterocycles. The molecule has 0 bridgehead atoms. The van der Waals surface area contributed by atoms with Crippen LogP contribution in [-0.4, -0.2) is 92.7 Å². The SMILES string of the molecule is CCCCCCC(=O)OCCN1CCN(CCCN2c3ccccc3Sc3ccc(C(F)(F)F)cc32)CC1.CCN(CCCc1ccccc1)CCCc1ccccc1. The van der Waals surface area contributed by atoms with Gasteiger partial charge in [0.1, 0.15) is 6.61 Å². The third-order valence-electron chi connectivity index (χ3n) is 11.2. The highest BCUT2D eigenvalue weighted by Gasteiger charge is 2.33. The molecule has 0 radical (unpaired) electrons. The van der Waals surface area contributed by atoms with Crippen LogP contribution in [0, 0.1) is 0 Å². The number of piperazine rings is 1. The van der Waals surface area contributed by atoms with Crippen molar-refractivity contribution in [2.24, 2.45) is 0 Å². The number of aryl methyl sites for hydroxylation is 2. The summed E-state index contributed by atoms with van der Waals surface area (Å²) in [4.78, 5) is 23.1. The number of rotatable bonds is 21. The number of carbonyl (C=O) groups is 1. The largest absolute Gasteiger partial charge is 0.464 e. The number of ether oxygens (including phenoxy) is 1. The van der Waals surface area contributed by atoms with Crippen LogP contribution in [0.25, 0.3) is 0 Å². The van der Waals surface area contributed by atoms with Gasteiger partial charge in [0.2, 0.25) is 0 Å². The first kappa shape index (κ1) is 46.2. The Hall–Kier alpha value is -3.83. The minimum atomic E-state index is -4.37. The van der Waals surface area contributed by atoms with E-state index < -0.39 is 11.7 Å². The summed E-state index contributed by atoms with van der Waals surface area (Å²) < 4.78 is 45.7. The first-order chi connectivity index (χ1) is 28.7. The van der Waals surface area contributed by atoms with E-state index in [4.69, 9.17) is 4.74 Å². The van der Waals surface area contributed by atoms with E-state index in [2.05, 4.69) is 89.2 Å². The average molecular weight is 831 g/mol. The quantitative estimate of drug-likeness (QED) is 0.0612. The lowest BCUT2D eigenvalue weighted by Gasteiger charge is -2.36. The van der Waals surface area contributed by atoms with Gasteiger partial charge >= 0.3 is 12.1 Å². The molecule has 0 spiro atoms. The van der Waals surface area contributed by atoms with Crippen LogP contribution >= 0.6 is 11.8 Å². The molecule has 0 unspecified atom stereocenters. The molecule has 6 rings (SSSR count). The predicted octanol–water partition coefficient (Wildman–Crippen LogP) is 11.4. The van der Waals surface area contributed by atoms with Crippen LogP contribution in [0.15, 0.2) is 113 Å². The number of para-hydroxylation sites is 1. The number of alkyl halides is 3. The Morgan fingerprint density at radius 3 is 1.86 bits per heavy atom. The van der Waals surface area contributed by atoms with Gasteiger partial charge in [-0.05, 0) is 106 Å². The number of unbranched alkanes of at least 4 members (excludes halogenated alkanes) is 3. The molecule has 0 amide bonds. The molecule has 10 heteroatoms. The first-order valence-electron chi connectivity index (χ1n) is 21.9. The molecule has 1 fully saturated rings. The van der Waals surface area contributed by atoms with Gasteiger partial charge < -0.3 is 19.4 Å². The van der Waals surface area contributed by atoms with Crippen molar-refractivity contribution in [3.8, 4) is 0 Å². The smallest absolute Gasteiger partial charge is 0.416 e. The van der Waals surface area contributed by atoms with Crippen LogP contribution in [0.1, 0.15) is 81.9 Å². The summed E-state index contributed by atoms with van der Waals surface area (Å²) in [5, 5.41) is 0. The zero-order chi connectivity index (χ0) is 41.7. The number of hydrogen-bond acceptors (Lipinski definition) is 7. The maximum atomic E-state index is 13.4. The van der Waals surface area contributed by atoms with Gasteiger partial charge in [0.15, 0.2) is 0 Å². The number of fused-ring (bicyclic) bond motifs is 2. The summed E-state index contributed by atoms with van der Waals surface area (Å²) in [5.41, 5.74) is 3.90. The fourth-order valence-electron chi connectivity index (χ4n) is 7.72. The van der Waals surface area contributed by atoms with Crippen molar-refractivity contribution >= 4 is 29.1 Å². The lowest BCUT2D eigenvalue weighted by atomic mass is 10.1. The number of halogens is 3. The van der Waals surface area contributed by atoms with Crippen molar-refractivity contribution in [1.29, 1.82) is 0 Å². The van der Waals surface area contributed by atoms with E-state index in [1.807, 2.05) is 29.2 Å². The molecule has 2 heterocycles. The minimum Gasteiger partial charge on any atom is -0.464 e. The van der Waals surface area contributed by atoms with Crippen LogP contribution < -0.4 is 4.90 Å². The second kappa shape index (κ2) is 25.1. The normalized spacial score (nSPS) is 14.4. The zero-order valence-corrected chi connectivity index (χ0v) is 36.1. The standard InChI is InChI=1S/C29H38F3N3O2S.C20H27N/c1-2-3-4-5-11-28(36)37-21-20-34-18-16-33(17-19-34)14-8-15-35-24-9-6-7-10-26(24)38-27-13-12-23(22-25(27)35)29(30,31)32;1-2-21(17-9-15-19-11-5-3-6-12-19)18-10-16-20-13-7-4-8-14-20/h6-7,9-10,12-13,22H,2-5,8,11,14-21H2,1H3;3-8,11-14H,2,9-10,15-18H2,1H3. The highest BCUT2D eigenvalue weighted by atomic mass is 32.2. The van der Waals surface area contributed by atoms with Crippen molar-refractivity contribution in [2.45, 2.75) is 94.0 Å². The van der Waals surface area contributed by atoms with Crippen molar-refractivity contribution < 1.29 is 22.7 Å². The fraction of sp³-hybridized carbons (Fsp3) is 0.490. The average Bonchev–Trinajstić information content (AvgIpc) is 3.25. The van der Waals surface area contributed by atoms with E-state index in [9.17, 15) is 18.0 Å². The van der Waals surface area contributed by atoms with Crippen molar-refractivity contribution in [3.63, 3.8) is 0 Å². The van der Waals surface area contributed by atoms with Gasteiger partial charge in [0, 0.05) is 55.5 Å². The lowest BCUT2D eigenvalue weighted by molar-refractivity contribution is -0.144. The lowest BCUT2D eigenvalue weighted by Crippen LogP contribution is -2.47. The van der Waals surface area contributed by atoms with Crippen LogP contribution in [0.5, 0.6) is 0 Å². The Bertz CT molecular complexity index is 1740. The van der Waals surface area contributed by atoms with Gasteiger partial charge in [-0.1, -0.05) is 118 Å². The molecule has 1 saturated heterocycles. The maximum Gasteiger partial charge on any atom is 0.416 e. The van der Waals surface area contributed by atoms with E-state index in [0.29, 0.717) is 25.3 Å². The summed E-state index contributed by atoms with van der Waals surface area (Å²) in [6, 6.07) is 33.6. The van der Waals surface area contributed by atoms with Gasteiger partial charge in [-0.3, -0.25) is 9.69 Å². The van der Waals surface area contributed by atoms with Crippen LogP contribution in [-0.2, 0) is 28.5 Å². The molecule has 0 atom stereocenters. The second-order valence-corrected chi connectivity index (χ2v) is 16.7. The van der Waals surface area contributed by atoms with E-state index in [-0.39, 0.29) is 5.97 Å². The van der Waals surface area contributed by atoms with Gasteiger partial charge in [0.25, 0.3) is 0 Å². The van der Waals surface area contributed by atoms with Gasteiger partial charge in [0.05, 0.1) is 16.9 Å². The van der Waals surface area contributed by atoms with Crippen molar-refractivity contribution in [1.82, 2.24) is 14.7 Å². The summed E-state index contributed by atoms with van der Waals surface area (Å²) in [7, 11) is 0. The Morgan fingerprint density at radius 1 is 0.661 bits per heavy atom. The van der Waals surface area contributed by atoms with Crippen molar-refractivity contribution in [3.05, 3.63) is 120 Å². The Balaban J connectivity index is 0.000000266. The number of esters is 1. The number of hydrogen-bond donors (Lipinski definition) is 0. The minimum absolute atomic E-state index is 0.0960. The second-order valence-electron chi connectivity index (χ2n) is 15.6. The van der Waals surface area contributed by atoms with E-state index in [1.54, 1.807) is 6.07 Å². The van der Waals surface area contributed by atoms with E-state index in [0.717, 1.165) is 93.4 Å². The van der Waals surface area contributed by atoms with E-state index >= 15 is 0 Å². The van der Waals surface area contributed by atoms with Gasteiger partial charge in [-0.2, -0.15) is 13.2 Å². The Kier molecular flexibility index (Phi) is 19.6. The molecular weight excluding hydrogens is 766 g/mol. The van der Waals surface area contributed by atoms with Crippen molar-refractivity contribution in [2.75, 3.05) is 77.0 Å². The predicted molar refractivity (Wildman–Crippen MR) is 238 cm³/mol. The topological polar surface area (TPSA) is 39.3 Å². The van der Waals surface area contributed by atoms with Crippen LogP contribution in [0.2, 0.25) is 0 Å². The maximum absolute atomic E-state index is 13.4. The molecule has 0 aliphatic carbocycles. The molecule has 2 aliphatic heterocycles. The molecule has 4 aromatic rings. The number of carbonyl (C=O) groups excluding carboxylic acids is 1. The molecule has 6 nitrogen and oxygen atoms in total. The molecule has 2 aliphatic rings. The molecular formula is C49H65F3N4O2S. The summed E-state index contributed by atoms with van der Waals surface area (Å²) in [6.45, 7) is 14.5. The van der Waals surface area contributed by atoms with E-state index in [1.165, 1.54) is 73.8 Å². The third-order valence-corrected chi connectivity index (χ3v) is 12.3. The molecule has 320 valence electrons. The first-order valence-corrected chi connectivity index (χ1v) is 22.7. The zero-order valence-electron chi connectivity index (χ0n) is 35.3.